The first-order valence-electron chi connectivity index (χ1n) is 5.26. The summed E-state index contributed by atoms with van der Waals surface area (Å²) in [6.45, 7) is 0.473. The molecule has 1 aliphatic carbocycles. The average Bonchev–Trinajstić information content (AvgIpc) is 2.96. The van der Waals surface area contributed by atoms with E-state index in [1.54, 1.807) is 4.52 Å². The summed E-state index contributed by atoms with van der Waals surface area (Å²) in [5, 5.41) is 13.7. The van der Waals surface area contributed by atoms with Crippen molar-refractivity contribution >= 4 is 5.65 Å². The lowest BCUT2D eigenvalue weighted by Gasteiger charge is -1.96. The van der Waals surface area contributed by atoms with E-state index in [0.717, 1.165) is 24.2 Å². The van der Waals surface area contributed by atoms with Crippen LogP contribution in [0.3, 0.4) is 0 Å². The van der Waals surface area contributed by atoms with Crippen LogP contribution in [0.15, 0.2) is 12.4 Å². The molecule has 3 rings (SSSR count). The van der Waals surface area contributed by atoms with E-state index >= 15 is 0 Å². The quantitative estimate of drug-likeness (QED) is 0.705. The summed E-state index contributed by atoms with van der Waals surface area (Å²) in [4.78, 5) is 0. The topological polar surface area (TPSA) is 46.0 Å². The summed E-state index contributed by atoms with van der Waals surface area (Å²) in [5.74, 6) is 3.06. The highest BCUT2D eigenvalue weighted by atomic mass is 15.3. The highest BCUT2D eigenvalue weighted by Crippen LogP contribution is 2.41. The Hall–Kier alpha value is -2.20. The standard InChI is InChI=1S/C12H10N4/c1-2-5-15-6-7-16-12(15)10(8-13)11(14-16)9-3-4-9/h1,6-7,9H,3-5H2. The third-order valence-electron chi connectivity index (χ3n) is 2.91. The largest absolute Gasteiger partial charge is 0.319 e. The second-order valence-electron chi connectivity index (χ2n) is 4.04. The molecule has 0 atom stereocenters. The first-order chi connectivity index (χ1) is 7.85. The van der Waals surface area contributed by atoms with Gasteiger partial charge in [-0.15, -0.1) is 6.42 Å². The zero-order chi connectivity index (χ0) is 11.1. The van der Waals surface area contributed by atoms with Crippen molar-refractivity contribution in [2.45, 2.75) is 25.3 Å². The molecule has 2 aromatic rings. The molecule has 0 saturated heterocycles. The Morgan fingerprint density at radius 2 is 2.31 bits per heavy atom. The van der Waals surface area contributed by atoms with Gasteiger partial charge >= 0.3 is 0 Å². The number of imidazole rings is 1. The minimum absolute atomic E-state index is 0.473. The molecule has 4 nitrogen and oxygen atoms in total. The number of terminal acetylenes is 1. The smallest absolute Gasteiger partial charge is 0.154 e. The molecule has 1 saturated carbocycles. The van der Waals surface area contributed by atoms with Crippen molar-refractivity contribution in [3.05, 3.63) is 23.7 Å². The van der Waals surface area contributed by atoms with Gasteiger partial charge in [0.2, 0.25) is 0 Å². The van der Waals surface area contributed by atoms with E-state index in [2.05, 4.69) is 17.1 Å². The van der Waals surface area contributed by atoms with Gasteiger partial charge in [0.05, 0.1) is 12.2 Å². The summed E-state index contributed by atoms with van der Waals surface area (Å²) in [6.07, 6.45) is 11.3. The Labute approximate surface area is 93.1 Å². The highest BCUT2D eigenvalue weighted by molar-refractivity contribution is 5.60. The Morgan fingerprint density at radius 3 is 2.94 bits per heavy atom. The van der Waals surface area contributed by atoms with Gasteiger partial charge in [-0.1, -0.05) is 5.92 Å². The van der Waals surface area contributed by atoms with Gasteiger partial charge in [-0.05, 0) is 12.8 Å². The molecule has 0 aromatic carbocycles. The van der Waals surface area contributed by atoms with E-state index < -0.39 is 0 Å². The molecule has 0 spiro atoms. The molecule has 1 aliphatic rings. The van der Waals surface area contributed by atoms with E-state index in [4.69, 9.17) is 6.42 Å². The molecule has 0 radical (unpaired) electrons. The Balaban J connectivity index is 2.25. The van der Waals surface area contributed by atoms with Gasteiger partial charge in [0.1, 0.15) is 11.6 Å². The summed E-state index contributed by atoms with van der Waals surface area (Å²) < 4.78 is 3.64. The number of nitrogens with zero attached hydrogens (tertiary/aromatic N) is 4. The lowest BCUT2D eigenvalue weighted by Crippen LogP contribution is -1.95. The number of fused-ring (bicyclic) bond motifs is 1. The molecule has 4 heteroatoms. The van der Waals surface area contributed by atoms with Crippen molar-refractivity contribution in [1.82, 2.24) is 14.2 Å². The van der Waals surface area contributed by atoms with Gasteiger partial charge < -0.3 is 4.57 Å². The van der Waals surface area contributed by atoms with Crippen LogP contribution in [-0.2, 0) is 6.54 Å². The van der Waals surface area contributed by atoms with Gasteiger partial charge in [0, 0.05) is 18.3 Å². The van der Waals surface area contributed by atoms with Crippen molar-refractivity contribution in [3.8, 4) is 18.4 Å². The van der Waals surface area contributed by atoms with Crippen molar-refractivity contribution in [2.75, 3.05) is 0 Å². The van der Waals surface area contributed by atoms with Crippen LogP contribution in [0.2, 0.25) is 0 Å². The molecular formula is C12H10N4. The van der Waals surface area contributed by atoms with Crippen LogP contribution in [0.1, 0.15) is 30.0 Å². The maximum atomic E-state index is 9.22. The fraction of sp³-hybridized carbons (Fsp3) is 0.333. The first-order valence-corrected chi connectivity index (χ1v) is 5.26. The fourth-order valence-corrected chi connectivity index (χ4v) is 2.01. The molecule has 0 bridgehead atoms. The lowest BCUT2D eigenvalue weighted by atomic mass is 10.2. The number of rotatable bonds is 2. The zero-order valence-corrected chi connectivity index (χ0v) is 8.72. The lowest BCUT2D eigenvalue weighted by molar-refractivity contribution is 0.862. The second kappa shape index (κ2) is 3.15. The number of aromatic nitrogens is 3. The van der Waals surface area contributed by atoms with Crippen molar-refractivity contribution in [2.24, 2.45) is 0 Å². The highest BCUT2D eigenvalue weighted by Gasteiger charge is 2.31. The number of nitriles is 1. The van der Waals surface area contributed by atoms with E-state index in [1.165, 1.54) is 0 Å². The van der Waals surface area contributed by atoms with Crippen LogP contribution in [-0.4, -0.2) is 14.2 Å². The summed E-state index contributed by atoms with van der Waals surface area (Å²) in [5.41, 5.74) is 2.44. The normalized spacial score (nSPS) is 14.9. The van der Waals surface area contributed by atoms with E-state index in [0.29, 0.717) is 18.0 Å². The van der Waals surface area contributed by atoms with Gasteiger partial charge in [-0.3, -0.25) is 0 Å². The van der Waals surface area contributed by atoms with Crippen LogP contribution in [0.4, 0.5) is 0 Å². The predicted molar refractivity (Wildman–Crippen MR) is 58.7 cm³/mol. The molecule has 78 valence electrons. The molecular weight excluding hydrogens is 200 g/mol. The van der Waals surface area contributed by atoms with Crippen LogP contribution < -0.4 is 0 Å². The van der Waals surface area contributed by atoms with Crippen LogP contribution in [0, 0.1) is 23.7 Å². The SMILES string of the molecule is C#CCn1ccn2nc(C3CC3)c(C#N)c12. The van der Waals surface area contributed by atoms with E-state index in [1.807, 2.05) is 17.0 Å². The molecule has 0 N–H and O–H groups in total. The first kappa shape index (κ1) is 9.06. The summed E-state index contributed by atoms with van der Waals surface area (Å²) >= 11 is 0. The summed E-state index contributed by atoms with van der Waals surface area (Å²) in [6, 6.07) is 2.25. The summed E-state index contributed by atoms with van der Waals surface area (Å²) in [7, 11) is 0. The number of hydrogen-bond donors (Lipinski definition) is 0. The third kappa shape index (κ3) is 1.14. The zero-order valence-electron chi connectivity index (χ0n) is 8.72. The Bertz CT molecular complexity index is 628. The number of hydrogen-bond acceptors (Lipinski definition) is 2. The Morgan fingerprint density at radius 1 is 1.50 bits per heavy atom. The molecule has 0 aliphatic heterocycles. The van der Waals surface area contributed by atoms with Crippen LogP contribution >= 0.6 is 0 Å². The maximum absolute atomic E-state index is 9.22. The van der Waals surface area contributed by atoms with E-state index in [-0.39, 0.29) is 0 Å². The van der Waals surface area contributed by atoms with Gasteiger partial charge in [0.15, 0.2) is 5.65 Å². The third-order valence-corrected chi connectivity index (χ3v) is 2.91. The molecule has 16 heavy (non-hydrogen) atoms. The monoisotopic (exact) mass is 210 g/mol. The molecule has 2 aromatic heterocycles. The van der Waals surface area contributed by atoms with Crippen molar-refractivity contribution < 1.29 is 0 Å². The van der Waals surface area contributed by atoms with E-state index in [9.17, 15) is 5.26 Å². The predicted octanol–water partition coefficient (Wildman–Crippen LogP) is 1.52. The average molecular weight is 210 g/mol. The maximum Gasteiger partial charge on any atom is 0.154 e. The molecule has 0 amide bonds. The van der Waals surface area contributed by atoms with Gasteiger partial charge in [-0.25, -0.2) is 4.52 Å². The minimum Gasteiger partial charge on any atom is -0.319 e. The van der Waals surface area contributed by atoms with Crippen LogP contribution in [0.25, 0.3) is 5.65 Å². The molecule has 2 heterocycles. The fourth-order valence-electron chi connectivity index (χ4n) is 2.01. The second-order valence-corrected chi connectivity index (χ2v) is 4.04. The van der Waals surface area contributed by atoms with Gasteiger partial charge in [0.25, 0.3) is 0 Å². The van der Waals surface area contributed by atoms with Crippen molar-refractivity contribution in [1.29, 1.82) is 5.26 Å². The minimum atomic E-state index is 0.473. The van der Waals surface area contributed by atoms with Crippen molar-refractivity contribution in [3.63, 3.8) is 0 Å². The molecule has 0 unspecified atom stereocenters. The van der Waals surface area contributed by atoms with Crippen LogP contribution in [0.5, 0.6) is 0 Å². The molecule has 1 fully saturated rings. The Kier molecular flexibility index (Phi) is 1.78. The van der Waals surface area contributed by atoms with Gasteiger partial charge in [-0.2, -0.15) is 10.4 Å².